The molecule has 0 aliphatic heterocycles. The minimum absolute atomic E-state index is 0.242. The normalized spacial score (nSPS) is 17.1. The lowest BCUT2D eigenvalue weighted by atomic mass is 10.1. The van der Waals surface area contributed by atoms with Gasteiger partial charge in [0.1, 0.15) is 21.2 Å². The van der Waals surface area contributed by atoms with Crippen LogP contribution in [0.2, 0.25) is 0 Å². The molecule has 46 heavy (non-hydrogen) atoms. The molecular formula is C22H17N3O13S8. The first-order valence-electron chi connectivity index (χ1n) is 11.6. The predicted molar refractivity (Wildman–Crippen MR) is 176 cm³/mol. The van der Waals surface area contributed by atoms with Crippen molar-refractivity contribution in [3.05, 3.63) is 66.7 Å². The van der Waals surface area contributed by atoms with Crippen LogP contribution < -0.4 is 5.32 Å². The van der Waals surface area contributed by atoms with E-state index in [-0.39, 0.29) is 11.1 Å². The molecule has 246 valence electrons. The van der Waals surface area contributed by atoms with E-state index in [0.29, 0.717) is 17.1 Å². The Morgan fingerprint density at radius 1 is 0.609 bits per heavy atom. The fraction of sp³-hybridized carbons (Fsp3) is 0. The van der Waals surface area contributed by atoms with E-state index in [1.807, 2.05) is 30.3 Å². The summed E-state index contributed by atoms with van der Waals surface area (Å²) in [5.41, 5.74) is -0.0977. The van der Waals surface area contributed by atoms with Crippen molar-refractivity contribution in [2.24, 2.45) is 10.2 Å². The first-order valence-corrected chi connectivity index (χ1v) is 21.2. The van der Waals surface area contributed by atoms with Gasteiger partial charge in [0.2, 0.25) is 35.1 Å². The molecule has 0 amide bonds. The largest absolute Gasteiger partial charge is 0.505 e. The molecule has 0 aliphatic carbocycles. The van der Waals surface area contributed by atoms with Gasteiger partial charge in [-0.05, 0) is 47.9 Å². The Labute approximate surface area is 279 Å². The van der Waals surface area contributed by atoms with Gasteiger partial charge >= 0.3 is 0 Å². The zero-order valence-corrected chi connectivity index (χ0v) is 28.5. The highest BCUT2D eigenvalue weighted by molar-refractivity contribution is 8.33. The molecule has 0 saturated heterocycles. The molecule has 24 heteroatoms. The van der Waals surface area contributed by atoms with Crippen LogP contribution in [-0.4, -0.2) is 43.0 Å². The summed E-state index contributed by atoms with van der Waals surface area (Å²) in [4.78, 5) is -4.86. The number of rotatable bonds is 12. The average molecular weight is 788 g/mol. The van der Waals surface area contributed by atoms with Crippen LogP contribution in [0, 0.1) is 0 Å². The summed E-state index contributed by atoms with van der Waals surface area (Å²) in [5, 5.41) is 59.8. The molecule has 0 bridgehead atoms. The number of azo groups is 1. The topological polar surface area (TPSA) is 243 Å². The van der Waals surface area contributed by atoms with Crippen molar-refractivity contribution in [1.29, 1.82) is 0 Å². The molecular weight excluding hydrogens is 771 g/mol. The fourth-order valence-electron chi connectivity index (χ4n) is 3.94. The van der Waals surface area contributed by atoms with Crippen molar-refractivity contribution >= 4 is 113 Å². The quantitative estimate of drug-likeness (QED) is 0.0645. The van der Waals surface area contributed by atoms with Crippen LogP contribution >= 0.6 is 0 Å². The maximum atomic E-state index is 13.2. The lowest BCUT2D eigenvalue weighted by molar-refractivity contribution is -0.127. The Bertz CT molecular complexity index is 2210. The number of aromatic hydroxyl groups is 1. The zero-order valence-electron chi connectivity index (χ0n) is 22.0. The molecule has 6 N–H and O–H groups in total. The number of hydrogen-bond donors (Lipinski definition) is 6. The SMILES string of the molecule is O=S(=S)(OO)c1cc(S(=O)(=S)OO)c(S(=O)(=S)OO)c(N=Nc2ccc3cc(Nc4ccccc4)ccc3c2O)c1S(=O)(=S)OO. The van der Waals surface area contributed by atoms with Gasteiger partial charge in [0, 0.05) is 61.5 Å². The zero-order chi connectivity index (χ0) is 34.1. The Hall–Kier alpha value is -2.50. The van der Waals surface area contributed by atoms with Gasteiger partial charge in [-0.2, -0.15) is 0 Å². The Balaban J connectivity index is 2.05. The minimum atomic E-state index is -4.80. The molecule has 0 radical (unpaired) electrons. The molecule has 4 aromatic carbocycles. The number of hydrogen-bond acceptors (Lipinski definition) is 20. The van der Waals surface area contributed by atoms with Gasteiger partial charge in [-0.15, -0.1) is 27.6 Å². The maximum absolute atomic E-state index is 13.2. The molecule has 0 aromatic heterocycles. The van der Waals surface area contributed by atoms with E-state index in [4.69, 9.17) is 22.4 Å². The minimum Gasteiger partial charge on any atom is -0.505 e. The molecule has 4 rings (SSSR count). The highest BCUT2D eigenvalue weighted by atomic mass is 32.9. The third kappa shape index (κ3) is 7.31. The third-order valence-corrected chi connectivity index (χ3v) is 13.3. The number of nitrogens with one attached hydrogen (secondary N) is 1. The Morgan fingerprint density at radius 2 is 1.13 bits per heavy atom. The van der Waals surface area contributed by atoms with E-state index in [1.165, 1.54) is 18.2 Å². The van der Waals surface area contributed by atoms with E-state index in [2.05, 4.69) is 55.3 Å². The molecule has 4 unspecified atom stereocenters. The van der Waals surface area contributed by atoms with Crippen molar-refractivity contribution in [2.75, 3.05) is 5.32 Å². The Kier molecular flexibility index (Phi) is 11.0. The van der Waals surface area contributed by atoms with E-state index < -0.39 is 66.1 Å². The maximum Gasteiger partial charge on any atom is 0.205 e. The van der Waals surface area contributed by atoms with Crippen LogP contribution in [0.3, 0.4) is 0 Å². The summed E-state index contributed by atoms with van der Waals surface area (Å²) in [6.07, 6.45) is 0. The van der Waals surface area contributed by atoms with Gasteiger partial charge in [-0.25, -0.2) is 37.9 Å². The number of phenols is 1. The number of fused-ring (bicyclic) bond motifs is 1. The molecule has 0 spiro atoms. The second-order valence-electron chi connectivity index (χ2n) is 8.55. The van der Waals surface area contributed by atoms with Crippen LogP contribution in [0.4, 0.5) is 22.7 Å². The van der Waals surface area contributed by atoms with Gasteiger partial charge in [0.05, 0.1) is 9.79 Å². The molecule has 0 heterocycles. The molecule has 4 aromatic rings. The average Bonchev–Trinajstić information content (AvgIpc) is 3.04. The number of anilines is 2. The van der Waals surface area contributed by atoms with Crippen molar-refractivity contribution in [3.63, 3.8) is 0 Å². The second-order valence-corrected chi connectivity index (χ2v) is 19.7. The van der Waals surface area contributed by atoms with Gasteiger partial charge in [0.25, 0.3) is 0 Å². The lowest BCUT2D eigenvalue weighted by Crippen LogP contribution is -2.18. The number of phenolic OH excluding ortho intramolecular Hbond substituents is 1. The fourth-order valence-corrected chi connectivity index (χ4v) is 10.7. The highest BCUT2D eigenvalue weighted by Gasteiger charge is 2.38. The third-order valence-electron chi connectivity index (χ3n) is 5.86. The second kappa shape index (κ2) is 13.9. The van der Waals surface area contributed by atoms with Gasteiger partial charge in [0.15, 0.2) is 5.75 Å². The van der Waals surface area contributed by atoms with Crippen molar-refractivity contribution < 1.29 is 60.3 Å². The van der Waals surface area contributed by atoms with Crippen LogP contribution in [0.25, 0.3) is 10.8 Å². The summed E-state index contributed by atoms with van der Waals surface area (Å²) in [7, 11) is -19.0. The summed E-state index contributed by atoms with van der Waals surface area (Å²) in [6, 6.07) is 17.2. The van der Waals surface area contributed by atoms with E-state index in [9.17, 15) is 43.0 Å². The van der Waals surface area contributed by atoms with Crippen LogP contribution in [0.1, 0.15) is 0 Å². The standard InChI is InChI=1S/C22H17N3O13S8/c26-20-15-8-7-14(23-13-4-2-1-3-5-13)10-12(15)6-9-16(20)24-25-19-21(45(33,41)37-29)17(43(31,39)35-27)11-18(44(32,40)36-28)22(19)46(34,42)38-30/h1-11,23,26-30H. The van der Waals surface area contributed by atoms with Crippen LogP contribution in [0.5, 0.6) is 5.75 Å². The van der Waals surface area contributed by atoms with Crippen molar-refractivity contribution in [3.8, 4) is 5.75 Å². The molecule has 0 aliphatic rings. The predicted octanol–water partition coefficient (Wildman–Crippen LogP) is 4.74. The van der Waals surface area contributed by atoms with Gasteiger partial charge < -0.3 is 10.4 Å². The molecule has 16 nitrogen and oxygen atoms in total. The molecule has 0 fully saturated rings. The highest BCUT2D eigenvalue weighted by Crippen LogP contribution is 2.45. The van der Waals surface area contributed by atoms with Crippen LogP contribution in [0.15, 0.2) is 96.5 Å². The monoisotopic (exact) mass is 787 g/mol. The molecule has 0 saturated carbocycles. The first kappa shape index (κ1) is 36.3. The number of benzene rings is 4. The van der Waals surface area contributed by atoms with Gasteiger partial charge in [-0.3, -0.25) is 0 Å². The Morgan fingerprint density at radius 3 is 1.63 bits per heavy atom. The summed E-state index contributed by atoms with van der Waals surface area (Å²) >= 11 is 18.9. The summed E-state index contributed by atoms with van der Waals surface area (Å²) in [6.45, 7) is 0. The number of nitrogens with zero attached hydrogens (tertiary/aromatic N) is 2. The van der Waals surface area contributed by atoms with Crippen molar-refractivity contribution in [2.45, 2.75) is 19.6 Å². The van der Waals surface area contributed by atoms with E-state index in [1.54, 1.807) is 12.1 Å². The van der Waals surface area contributed by atoms with E-state index >= 15 is 0 Å². The summed E-state index contributed by atoms with van der Waals surface area (Å²) in [5.74, 6) is -0.487. The smallest absolute Gasteiger partial charge is 0.205 e. The van der Waals surface area contributed by atoms with Crippen molar-refractivity contribution in [1.82, 2.24) is 0 Å². The first-order chi connectivity index (χ1) is 21.5. The summed E-state index contributed by atoms with van der Waals surface area (Å²) < 4.78 is 67.8. The van der Waals surface area contributed by atoms with Gasteiger partial charge in [-0.1, -0.05) is 24.3 Å². The lowest BCUT2D eigenvalue weighted by Gasteiger charge is -2.19. The number of para-hydroxylation sites is 1. The van der Waals surface area contributed by atoms with E-state index in [0.717, 1.165) is 5.69 Å². The van der Waals surface area contributed by atoms with Crippen LogP contribution in [-0.2, 0) is 97.2 Å². The molecule has 4 atom stereocenters.